The molecule has 0 aromatic heterocycles. The van der Waals surface area contributed by atoms with Crippen LogP contribution in [-0.2, 0) is 0 Å². The molecule has 6 heteroatoms. The third kappa shape index (κ3) is 5.92. The SMILES string of the molecule is CN(C)C(=O)c1cccc(-c2ccc3cc(O)ccc3c2Oc2ccc(OCCN3CCCCC3)cc2)c1. The van der Waals surface area contributed by atoms with Crippen LogP contribution in [0.15, 0.2) is 78.9 Å². The standard InChI is InChI=1S/C32H34N2O4/c1-33(2)32(36)25-8-6-7-23(21-25)29-15-9-24-22-26(35)10-16-30(24)31(29)38-28-13-11-27(12-14-28)37-20-19-34-17-4-3-5-18-34/h6-16,21-22,35H,3-5,17-20H2,1-2H3. The first-order chi connectivity index (χ1) is 18.5. The van der Waals surface area contributed by atoms with E-state index in [1.54, 1.807) is 31.1 Å². The Morgan fingerprint density at radius 2 is 1.66 bits per heavy atom. The van der Waals surface area contributed by atoms with Crippen molar-refractivity contribution < 1.29 is 19.4 Å². The third-order valence-electron chi connectivity index (χ3n) is 6.95. The average Bonchev–Trinajstić information content (AvgIpc) is 2.94. The van der Waals surface area contributed by atoms with Gasteiger partial charge in [0, 0.05) is 37.2 Å². The van der Waals surface area contributed by atoms with Gasteiger partial charge < -0.3 is 19.5 Å². The predicted molar refractivity (Wildman–Crippen MR) is 151 cm³/mol. The minimum absolute atomic E-state index is 0.0593. The van der Waals surface area contributed by atoms with Crippen molar-refractivity contribution in [1.29, 1.82) is 0 Å². The highest BCUT2D eigenvalue weighted by molar-refractivity contribution is 5.98. The highest BCUT2D eigenvalue weighted by Crippen LogP contribution is 2.41. The zero-order valence-electron chi connectivity index (χ0n) is 22.0. The predicted octanol–water partition coefficient (Wildman–Crippen LogP) is 6.57. The summed E-state index contributed by atoms with van der Waals surface area (Å²) in [5.41, 5.74) is 2.34. The maximum absolute atomic E-state index is 12.6. The molecule has 5 rings (SSSR count). The van der Waals surface area contributed by atoms with E-state index in [-0.39, 0.29) is 11.7 Å². The molecule has 38 heavy (non-hydrogen) atoms. The largest absolute Gasteiger partial charge is 0.508 e. The molecule has 4 aromatic rings. The summed E-state index contributed by atoms with van der Waals surface area (Å²) >= 11 is 0. The number of benzene rings is 4. The van der Waals surface area contributed by atoms with Gasteiger partial charge in [0.1, 0.15) is 29.6 Å². The van der Waals surface area contributed by atoms with Crippen molar-refractivity contribution in [2.75, 3.05) is 40.3 Å². The lowest BCUT2D eigenvalue weighted by molar-refractivity contribution is 0.0827. The summed E-state index contributed by atoms with van der Waals surface area (Å²) < 4.78 is 12.5. The average molecular weight is 511 g/mol. The van der Waals surface area contributed by atoms with Gasteiger partial charge >= 0.3 is 0 Å². The van der Waals surface area contributed by atoms with E-state index >= 15 is 0 Å². The number of carbonyl (C=O) groups excluding carboxylic acids is 1. The first kappa shape index (κ1) is 25.6. The highest BCUT2D eigenvalue weighted by Gasteiger charge is 2.16. The fraction of sp³-hybridized carbons (Fsp3) is 0.281. The number of hydrogen-bond donors (Lipinski definition) is 1. The van der Waals surface area contributed by atoms with Crippen LogP contribution >= 0.6 is 0 Å². The summed E-state index contributed by atoms with van der Waals surface area (Å²) in [6.45, 7) is 3.93. The van der Waals surface area contributed by atoms with Crippen LogP contribution in [0.1, 0.15) is 29.6 Å². The number of fused-ring (bicyclic) bond motifs is 1. The van der Waals surface area contributed by atoms with Gasteiger partial charge in [0.25, 0.3) is 5.91 Å². The number of nitrogens with zero attached hydrogens (tertiary/aromatic N) is 2. The fourth-order valence-corrected chi connectivity index (χ4v) is 4.90. The summed E-state index contributed by atoms with van der Waals surface area (Å²) in [5, 5.41) is 11.8. The van der Waals surface area contributed by atoms with Gasteiger partial charge in [-0.15, -0.1) is 0 Å². The number of phenolic OH excluding ortho intramolecular Hbond substituents is 1. The molecule has 0 unspecified atom stereocenters. The number of phenols is 1. The number of aromatic hydroxyl groups is 1. The molecule has 1 aliphatic heterocycles. The Morgan fingerprint density at radius 1 is 0.895 bits per heavy atom. The monoisotopic (exact) mass is 510 g/mol. The zero-order valence-corrected chi connectivity index (χ0v) is 22.0. The molecular weight excluding hydrogens is 476 g/mol. The molecule has 1 N–H and O–H groups in total. The second-order valence-corrected chi connectivity index (χ2v) is 9.95. The Hall–Kier alpha value is -4.03. The van der Waals surface area contributed by atoms with E-state index in [4.69, 9.17) is 9.47 Å². The van der Waals surface area contributed by atoms with Crippen molar-refractivity contribution in [2.24, 2.45) is 0 Å². The maximum Gasteiger partial charge on any atom is 0.253 e. The molecule has 0 saturated carbocycles. The number of likely N-dealkylation sites (tertiary alicyclic amines) is 1. The molecule has 1 amide bonds. The summed E-state index contributed by atoms with van der Waals surface area (Å²) in [5.74, 6) is 2.29. The minimum atomic E-state index is -0.0593. The third-order valence-corrected chi connectivity index (χ3v) is 6.95. The van der Waals surface area contributed by atoms with E-state index in [1.165, 1.54) is 19.3 Å². The van der Waals surface area contributed by atoms with Crippen LogP contribution in [-0.4, -0.2) is 61.2 Å². The van der Waals surface area contributed by atoms with Crippen LogP contribution in [0.5, 0.6) is 23.0 Å². The maximum atomic E-state index is 12.6. The Morgan fingerprint density at radius 3 is 2.42 bits per heavy atom. The van der Waals surface area contributed by atoms with Crippen molar-refractivity contribution in [3.63, 3.8) is 0 Å². The van der Waals surface area contributed by atoms with E-state index in [9.17, 15) is 9.90 Å². The molecule has 0 bridgehead atoms. The van der Waals surface area contributed by atoms with Gasteiger partial charge in [-0.05, 0) is 97.5 Å². The normalized spacial score (nSPS) is 13.8. The van der Waals surface area contributed by atoms with Crippen LogP contribution in [0, 0.1) is 0 Å². The fourth-order valence-electron chi connectivity index (χ4n) is 4.90. The lowest BCUT2D eigenvalue weighted by atomic mass is 9.97. The quantitative estimate of drug-likeness (QED) is 0.290. The summed E-state index contributed by atoms with van der Waals surface area (Å²) in [4.78, 5) is 16.6. The number of hydrogen-bond acceptors (Lipinski definition) is 5. The van der Waals surface area contributed by atoms with E-state index in [0.717, 1.165) is 47.3 Å². The Labute approximate surface area is 224 Å². The van der Waals surface area contributed by atoms with Gasteiger partial charge in [0.2, 0.25) is 0 Å². The molecular formula is C32H34N2O4. The van der Waals surface area contributed by atoms with E-state index in [0.29, 0.717) is 23.7 Å². The van der Waals surface area contributed by atoms with Crippen molar-refractivity contribution in [3.8, 4) is 34.1 Å². The van der Waals surface area contributed by atoms with Crippen LogP contribution < -0.4 is 9.47 Å². The Balaban J connectivity index is 1.40. The van der Waals surface area contributed by atoms with E-state index < -0.39 is 0 Å². The molecule has 196 valence electrons. The Bertz CT molecular complexity index is 1410. The molecule has 1 heterocycles. The molecule has 0 spiro atoms. The summed E-state index contributed by atoms with van der Waals surface area (Å²) in [6.07, 6.45) is 3.88. The number of rotatable bonds is 8. The van der Waals surface area contributed by atoms with Gasteiger partial charge in [0.05, 0.1) is 0 Å². The summed E-state index contributed by atoms with van der Waals surface area (Å²) in [6, 6.07) is 24.4. The van der Waals surface area contributed by atoms with E-state index in [2.05, 4.69) is 4.90 Å². The van der Waals surface area contributed by atoms with Crippen molar-refractivity contribution in [2.45, 2.75) is 19.3 Å². The van der Waals surface area contributed by atoms with Gasteiger partial charge in [-0.25, -0.2) is 0 Å². The molecule has 0 atom stereocenters. The topological polar surface area (TPSA) is 62.2 Å². The van der Waals surface area contributed by atoms with Gasteiger partial charge in [-0.1, -0.05) is 24.6 Å². The molecule has 6 nitrogen and oxygen atoms in total. The van der Waals surface area contributed by atoms with Crippen LogP contribution in [0.2, 0.25) is 0 Å². The molecule has 1 aliphatic rings. The summed E-state index contributed by atoms with van der Waals surface area (Å²) in [7, 11) is 3.49. The smallest absolute Gasteiger partial charge is 0.253 e. The number of piperidine rings is 1. The second kappa shape index (κ2) is 11.6. The molecule has 0 radical (unpaired) electrons. The van der Waals surface area contributed by atoms with Gasteiger partial charge in [-0.3, -0.25) is 9.69 Å². The minimum Gasteiger partial charge on any atom is -0.508 e. The number of amides is 1. The van der Waals surface area contributed by atoms with Crippen LogP contribution in [0.25, 0.3) is 21.9 Å². The first-order valence-electron chi connectivity index (χ1n) is 13.2. The van der Waals surface area contributed by atoms with Gasteiger partial charge in [-0.2, -0.15) is 0 Å². The van der Waals surface area contributed by atoms with Gasteiger partial charge in [0.15, 0.2) is 0 Å². The lowest BCUT2D eigenvalue weighted by Gasteiger charge is -2.26. The van der Waals surface area contributed by atoms with Crippen LogP contribution in [0.3, 0.4) is 0 Å². The van der Waals surface area contributed by atoms with Crippen LogP contribution in [0.4, 0.5) is 0 Å². The van der Waals surface area contributed by atoms with Crippen molar-refractivity contribution in [3.05, 3.63) is 84.4 Å². The highest BCUT2D eigenvalue weighted by atomic mass is 16.5. The molecule has 1 fully saturated rings. The first-order valence-corrected chi connectivity index (χ1v) is 13.2. The number of ether oxygens (including phenoxy) is 2. The molecule has 4 aromatic carbocycles. The van der Waals surface area contributed by atoms with Crippen molar-refractivity contribution >= 4 is 16.7 Å². The number of carbonyl (C=O) groups is 1. The Kier molecular flexibility index (Phi) is 7.80. The van der Waals surface area contributed by atoms with E-state index in [1.807, 2.05) is 66.7 Å². The van der Waals surface area contributed by atoms with Crippen molar-refractivity contribution in [1.82, 2.24) is 9.80 Å². The second-order valence-electron chi connectivity index (χ2n) is 9.95. The molecule has 0 aliphatic carbocycles. The zero-order chi connectivity index (χ0) is 26.5. The lowest BCUT2D eigenvalue weighted by Crippen LogP contribution is -2.33. The molecule has 1 saturated heterocycles.